The van der Waals surface area contributed by atoms with Crippen LogP contribution in [0.25, 0.3) is 0 Å². The van der Waals surface area contributed by atoms with Crippen molar-refractivity contribution in [3.05, 3.63) is 0 Å². The van der Waals surface area contributed by atoms with E-state index in [0.29, 0.717) is 0 Å². The average Bonchev–Trinajstić information content (AvgIpc) is 0.811. The molecule has 0 radical (unpaired) electrons. The second-order valence-corrected chi connectivity index (χ2v) is 0.283. The minimum absolute atomic E-state index is 0. The molecule has 0 saturated carbocycles. The van der Waals surface area contributed by atoms with Gasteiger partial charge in [-0.25, -0.2) is 4.79 Å². The van der Waals surface area contributed by atoms with Gasteiger partial charge in [-0.1, -0.05) is 0 Å². The van der Waals surface area contributed by atoms with Crippen LogP contribution in [-0.2, 0) is 0 Å². The maximum atomic E-state index is 8.56. The van der Waals surface area contributed by atoms with E-state index in [9.17, 15) is 0 Å². The first-order valence-corrected chi connectivity index (χ1v) is 0.651. The fourth-order valence-electron chi connectivity index (χ4n) is 0. The van der Waals surface area contributed by atoms with Gasteiger partial charge in [0.25, 0.3) is 0 Å². The van der Waals surface area contributed by atoms with Crippen LogP contribution in [0.4, 0.5) is 4.79 Å². The summed E-state index contributed by atoms with van der Waals surface area (Å²) in [6.45, 7) is 0. The number of hydrogen-bond donors (Lipinski definition) is 2. The van der Waals surface area contributed by atoms with E-state index in [1.54, 1.807) is 0 Å². The first kappa shape index (κ1) is 48.5. The van der Waals surface area contributed by atoms with Crippen LogP contribution in [0, 0.1) is 0 Å². The highest BCUT2D eigenvalue weighted by Crippen LogP contribution is 1.42. The molecule has 0 atom stereocenters. The lowest BCUT2D eigenvalue weighted by atomic mass is 11.5. The lowest BCUT2D eigenvalue weighted by Gasteiger charge is -1.60. The smallest absolute Gasteiger partial charge is 0.450 e. The Balaban J connectivity index is -0.00000000450. The highest BCUT2D eigenvalue weighted by atomic mass is 27.0. The fourth-order valence-corrected chi connectivity index (χ4v) is 0. The van der Waals surface area contributed by atoms with Crippen LogP contribution >= 0.6 is 0 Å². The van der Waals surface area contributed by atoms with E-state index in [0.717, 1.165) is 0 Å². The lowest BCUT2D eigenvalue weighted by Crippen LogP contribution is -1.81. The first-order chi connectivity index (χ1) is 1.73. The van der Waals surface area contributed by atoms with Gasteiger partial charge in [-0.05, 0) is 0 Å². The van der Waals surface area contributed by atoms with E-state index >= 15 is 0 Å². The summed E-state index contributed by atoms with van der Waals surface area (Å²) in [6.07, 6.45) is -1.83. The maximum Gasteiger partial charge on any atom is 0.503 e. The van der Waals surface area contributed by atoms with Gasteiger partial charge < -0.3 is 21.2 Å². The van der Waals surface area contributed by atoms with E-state index in [-0.39, 0.29) is 74.4 Å². The predicted octanol–water partition coefficient (Wildman–Crippen LogP) is -4.44. The van der Waals surface area contributed by atoms with E-state index in [1.807, 2.05) is 0 Å². The molecular weight excluding hydrogens is 168 g/mol. The summed E-state index contributed by atoms with van der Waals surface area (Å²) in [7, 11) is 0. The summed E-state index contributed by atoms with van der Waals surface area (Å²) in [6, 6.07) is 0. The van der Waals surface area contributed by atoms with Crippen LogP contribution in [0.2, 0.25) is 0 Å². The molecule has 9 heavy (non-hydrogen) atoms. The molecule has 0 aliphatic rings. The summed E-state index contributed by atoms with van der Waals surface area (Å²) in [4.78, 5) is 8.56. The summed E-state index contributed by atoms with van der Waals surface area (Å²) in [5.41, 5.74) is 0. The van der Waals surface area contributed by atoms with Crippen molar-refractivity contribution >= 4 is 69.6 Å². The molecule has 0 aromatic rings. The topological polar surface area (TPSA) is 121 Å². The third-order valence-corrected chi connectivity index (χ3v) is 0. The van der Waals surface area contributed by atoms with Crippen molar-refractivity contribution in [3.63, 3.8) is 0 Å². The molecule has 0 aromatic heterocycles. The summed E-state index contributed by atoms with van der Waals surface area (Å²) in [5.74, 6) is 0. The fraction of sp³-hybridized carbons (Fsp3) is 0. The van der Waals surface area contributed by atoms with E-state index in [4.69, 9.17) is 15.0 Å². The van der Waals surface area contributed by atoms with E-state index in [2.05, 4.69) is 0 Å². The Morgan fingerprint density at radius 1 is 1.00 bits per heavy atom. The number of hydrogen-bond acceptors (Lipinski definition) is 1. The first-order valence-electron chi connectivity index (χ1n) is 0.651. The molecule has 0 amide bonds. The Bertz CT molecular complexity index is 37.9. The largest absolute Gasteiger partial charge is 0.503 e. The van der Waals surface area contributed by atoms with Gasteiger partial charge in [0, 0.05) is 0 Å². The highest BCUT2D eigenvalue weighted by Gasteiger charge is 1.70. The maximum absolute atomic E-state index is 8.56. The van der Waals surface area contributed by atoms with Gasteiger partial charge in [0.1, 0.15) is 0 Å². The quantitative estimate of drug-likeness (QED) is 0.366. The van der Waals surface area contributed by atoms with Gasteiger partial charge in [-0.3, -0.25) is 0 Å². The predicted molar refractivity (Wildman–Crippen MR) is 44.9 cm³/mol. The molecule has 0 aliphatic carbocycles. The zero-order valence-corrected chi connectivity index (χ0v) is 2.80. The van der Waals surface area contributed by atoms with Gasteiger partial charge >= 0.3 is 52.3 Å². The SMILES string of the molecule is O.O.O=C(O)O.[AlH3].[MgH2].[MgH2]. The summed E-state index contributed by atoms with van der Waals surface area (Å²) >= 11 is 0. The Morgan fingerprint density at radius 3 is 1.00 bits per heavy atom. The Hall–Kier alpha value is 1.25. The molecule has 0 bridgehead atoms. The summed E-state index contributed by atoms with van der Waals surface area (Å²) in [5, 5.41) is 13.9. The normalized spacial score (nSPS) is 2.67. The number of carboxylic acid groups (broad SMARTS) is 2. The van der Waals surface area contributed by atoms with Crippen molar-refractivity contribution < 1.29 is 26.0 Å². The van der Waals surface area contributed by atoms with Crippen molar-refractivity contribution in [1.29, 1.82) is 0 Å². The number of carbonyl (C=O) groups is 1. The zero-order chi connectivity index (χ0) is 3.58. The standard InChI is InChI=1S/CH2O3.Al.2Mg.2H2O.7H/c2-1(3)4;;;;;;;;;;;;/h(H2,2,3,4);;;;2*1H2;;;;;;;. The van der Waals surface area contributed by atoms with Crippen LogP contribution in [0.15, 0.2) is 0 Å². The van der Waals surface area contributed by atoms with Gasteiger partial charge in [-0.2, -0.15) is 0 Å². The third kappa shape index (κ3) is 309. The van der Waals surface area contributed by atoms with Crippen LogP contribution in [0.3, 0.4) is 0 Å². The van der Waals surface area contributed by atoms with Crippen LogP contribution in [0.5, 0.6) is 0 Å². The molecule has 0 heterocycles. The summed E-state index contributed by atoms with van der Waals surface area (Å²) < 4.78 is 0. The molecule has 0 aromatic carbocycles. The molecule has 5 nitrogen and oxygen atoms in total. The van der Waals surface area contributed by atoms with Crippen LogP contribution < -0.4 is 0 Å². The molecule has 8 heteroatoms. The van der Waals surface area contributed by atoms with Crippen LogP contribution in [-0.4, -0.2) is 90.8 Å². The van der Waals surface area contributed by atoms with Crippen LogP contribution in [0.1, 0.15) is 0 Å². The molecule has 6 N–H and O–H groups in total. The zero-order valence-electron chi connectivity index (χ0n) is 2.80. The minimum atomic E-state index is -1.83. The Labute approximate surface area is 94.9 Å². The van der Waals surface area contributed by atoms with Gasteiger partial charge in [0.05, 0.1) is 0 Å². The molecule has 54 valence electrons. The molecule has 0 spiro atoms. The van der Waals surface area contributed by atoms with Crippen molar-refractivity contribution in [3.8, 4) is 0 Å². The van der Waals surface area contributed by atoms with Gasteiger partial charge in [0.2, 0.25) is 0 Å². The molecule has 0 fully saturated rings. The van der Waals surface area contributed by atoms with Gasteiger partial charge in [0.15, 0.2) is 17.4 Å². The molecule has 0 saturated heterocycles. The minimum Gasteiger partial charge on any atom is -0.450 e. The molecule has 0 unspecified atom stereocenters. The number of rotatable bonds is 0. The highest BCUT2D eigenvalue weighted by molar-refractivity contribution is 5.76. The Kier molecular flexibility index (Phi) is 188. The van der Waals surface area contributed by atoms with Crippen molar-refractivity contribution in [2.45, 2.75) is 0 Å². The van der Waals surface area contributed by atoms with E-state index in [1.165, 1.54) is 0 Å². The second-order valence-electron chi connectivity index (χ2n) is 0.283. The monoisotopic (exact) mass is 180 g/mol. The van der Waals surface area contributed by atoms with E-state index < -0.39 is 6.16 Å². The van der Waals surface area contributed by atoms with Gasteiger partial charge in [-0.15, -0.1) is 0 Å². The Morgan fingerprint density at radius 2 is 1.00 bits per heavy atom. The molecular formula is CH13AlMg2O5. The van der Waals surface area contributed by atoms with Crippen molar-refractivity contribution in [1.82, 2.24) is 0 Å². The average molecular weight is 181 g/mol. The van der Waals surface area contributed by atoms with Crippen molar-refractivity contribution in [2.75, 3.05) is 0 Å². The van der Waals surface area contributed by atoms with Crippen molar-refractivity contribution in [2.24, 2.45) is 0 Å². The molecule has 0 aliphatic heterocycles. The molecule has 0 rings (SSSR count). The lowest BCUT2D eigenvalue weighted by molar-refractivity contribution is 0.137. The second kappa shape index (κ2) is 34.8. The third-order valence-electron chi connectivity index (χ3n) is 0.